The van der Waals surface area contributed by atoms with Gasteiger partial charge in [-0.05, 0) is 75.9 Å². The second-order valence-electron chi connectivity index (χ2n) is 10.2. The van der Waals surface area contributed by atoms with Crippen LogP contribution in [-0.4, -0.2) is 50.3 Å². The van der Waals surface area contributed by atoms with Gasteiger partial charge in [-0.3, -0.25) is 13.9 Å². The number of nitrogens with one attached hydrogen (secondary N) is 1. The average Bonchev–Trinajstić information content (AvgIpc) is 2.91. The molecule has 214 valence electrons. The topological polar surface area (TPSA) is 86.8 Å². The van der Waals surface area contributed by atoms with E-state index >= 15 is 0 Å². The molecule has 40 heavy (non-hydrogen) atoms. The number of aryl methyl sites for hydroxylation is 2. The normalized spacial score (nSPS) is 12.2. The van der Waals surface area contributed by atoms with Crippen LogP contribution in [0.3, 0.4) is 0 Å². The molecule has 0 fully saturated rings. The lowest BCUT2D eigenvalue weighted by molar-refractivity contribution is -0.139. The Morgan fingerprint density at radius 3 is 2.20 bits per heavy atom. The van der Waals surface area contributed by atoms with E-state index in [2.05, 4.69) is 5.32 Å². The summed E-state index contributed by atoms with van der Waals surface area (Å²) in [4.78, 5) is 28.8. The van der Waals surface area contributed by atoms with Gasteiger partial charge in [0.15, 0.2) is 0 Å². The molecule has 7 nitrogen and oxygen atoms in total. The van der Waals surface area contributed by atoms with Crippen molar-refractivity contribution in [1.82, 2.24) is 10.2 Å². The van der Waals surface area contributed by atoms with E-state index in [1.807, 2.05) is 58.0 Å². The average molecular weight is 584 g/mol. The molecule has 0 aliphatic carbocycles. The Morgan fingerprint density at radius 1 is 0.950 bits per heavy atom. The van der Waals surface area contributed by atoms with E-state index in [4.69, 9.17) is 11.6 Å². The predicted octanol–water partition coefficient (Wildman–Crippen LogP) is 5.53. The number of hydrogen-bond acceptors (Lipinski definition) is 4. The van der Waals surface area contributed by atoms with Gasteiger partial charge in [-0.25, -0.2) is 8.42 Å². The monoisotopic (exact) mass is 583 g/mol. The van der Waals surface area contributed by atoms with Crippen LogP contribution in [0.15, 0.2) is 77.7 Å². The van der Waals surface area contributed by atoms with Gasteiger partial charge in [0.25, 0.3) is 10.0 Å². The molecule has 0 radical (unpaired) electrons. The van der Waals surface area contributed by atoms with Crippen molar-refractivity contribution in [3.8, 4) is 0 Å². The summed E-state index contributed by atoms with van der Waals surface area (Å²) >= 11 is 6.29. The van der Waals surface area contributed by atoms with Crippen LogP contribution in [0.1, 0.15) is 43.9 Å². The van der Waals surface area contributed by atoms with Crippen molar-refractivity contribution in [3.63, 3.8) is 0 Å². The largest absolute Gasteiger partial charge is 0.352 e. The van der Waals surface area contributed by atoms with Gasteiger partial charge in [0.2, 0.25) is 11.8 Å². The first-order valence-electron chi connectivity index (χ1n) is 13.4. The lowest BCUT2D eigenvalue weighted by Gasteiger charge is -2.34. The van der Waals surface area contributed by atoms with Crippen LogP contribution < -0.4 is 9.62 Å². The maximum atomic E-state index is 14.1. The molecule has 3 aromatic rings. The number of benzene rings is 3. The summed E-state index contributed by atoms with van der Waals surface area (Å²) in [5.41, 5.74) is 2.88. The van der Waals surface area contributed by atoms with Crippen LogP contribution in [0.25, 0.3) is 0 Å². The molecule has 1 atom stereocenters. The molecular weight excluding hydrogens is 546 g/mol. The molecule has 3 aromatic carbocycles. The fourth-order valence-electron chi connectivity index (χ4n) is 4.48. The lowest BCUT2D eigenvalue weighted by atomic mass is 10.1. The fourth-order valence-corrected chi connectivity index (χ4v) is 6.12. The number of halogens is 1. The lowest BCUT2D eigenvalue weighted by Crippen LogP contribution is -2.54. The SMILES string of the molecule is CC[C@@H](C(=O)NC(C)C)N(CCc1ccccc1)C(=O)CN(c1cc(Cl)ccc1C)S(=O)(=O)c1ccc(C)cc1. The Balaban J connectivity index is 2.05. The Bertz CT molecular complexity index is 1410. The number of amides is 2. The fraction of sp³-hybridized carbons (Fsp3) is 0.355. The van der Waals surface area contributed by atoms with E-state index in [-0.39, 0.29) is 23.4 Å². The van der Waals surface area contributed by atoms with Crippen molar-refractivity contribution in [2.75, 3.05) is 17.4 Å². The third kappa shape index (κ3) is 7.86. The summed E-state index contributed by atoms with van der Waals surface area (Å²) in [7, 11) is -4.15. The number of nitrogens with zero attached hydrogens (tertiary/aromatic N) is 2. The molecule has 0 bridgehead atoms. The molecule has 3 rings (SSSR count). The molecule has 0 saturated carbocycles. The minimum absolute atomic E-state index is 0.0608. The van der Waals surface area contributed by atoms with E-state index < -0.39 is 28.5 Å². The molecule has 2 amide bonds. The Hall–Kier alpha value is -3.36. The Kier molecular flexibility index (Phi) is 10.8. The molecule has 0 saturated heterocycles. The molecule has 0 heterocycles. The smallest absolute Gasteiger partial charge is 0.264 e. The maximum Gasteiger partial charge on any atom is 0.264 e. The minimum atomic E-state index is -4.15. The summed E-state index contributed by atoms with van der Waals surface area (Å²) in [6.45, 7) is 8.96. The van der Waals surface area contributed by atoms with E-state index in [1.54, 1.807) is 37.3 Å². The van der Waals surface area contributed by atoms with Crippen molar-refractivity contribution in [2.24, 2.45) is 0 Å². The minimum Gasteiger partial charge on any atom is -0.352 e. The summed E-state index contributed by atoms with van der Waals surface area (Å²) in [6, 6.07) is 20.2. The third-order valence-corrected chi connectivity index (χ3v) is 8.64. The van der Waals surface area contributed by atoms with Crippen LogP contribution in [0.5, 0.6) is 0 Å². The molecule has 0 aliphatic rings. The van der Waals surface area contributed by atoms with Crippen LogP contribution >= 0.6 is 11.6 Å². The van der Waals surface area contributed by atoms with E-state index in [9.17, 15) is 18.0 Å². The van der Waals surface area contributed by atoms with Crippen molar-refractivity contribution < 1.29 is 18.0 Å². The van der Waals surface area contributed by atoms with Gasteiger partial charge in [0.1, 0.15) is 12.6 Å². The maximum absolute atomic E-state index is 14.1. The molecule has 9 heteroatoms. The van der Waals surface area contributed by atoms with Gasteiger partial charge in [-0.2, -0.15) is 0 Å². The Morgan fingerprint density at radius 2 is 1.60 bits per heavy atom. The molecular formula is C31H38ClN3O4S. The highest BCUT2D eigenvalue weighted by atomic mass is 35.5. The van der Waals surface area contributed by atoms with Gasteiger partial charge in [-0.15, -0.1) is 0 Å². The third-order valence-electron chi connectivity index (χ3n) is 6.63. The number of rotatable bonds is 12. The van der Waals surface area contributed by atoms with Crippen LogP contribution in [0.2, 0.25) is 5.02 Å². The van der Waals surface area contributed by atoms with Gasteiger partial charge < -0.3 is 10.2 Å². The second-order valence-corrected chi connectivity index (χ2v) is 12.5. The second kappa shape index (κ2) is 13.8. The number of hydrogen-bond donors (Lipinski definition) is 1. The van der Waals surface area contributed by atoms with Gasteiger partial charge >= 0.3 is 0 Å². The first-order chi connectivity index (χ1) is 18.9. The van der Waals surface area contributed by atoms with E-state index in [0.29, 0.717) is 29.1 Å². The molecule has 0 aromatic heterocycles. The predicted molar refractivity (Wildman–Crippen MR) is 161 cm³/mol. The summed E-state index contributed by atoms with van der Waals surface area (Å²) in [6.07, 6.45) is 0.888. The highest BCUT2D eigenvalue weighted by Gasteiger charge is 2.34. The number of carbonyl (C=O) groups is 2. The Labute approximate surface area is 243 Å². The highest BCUT2D eigenvalue weighted by Crippen LogP contribution is 2.30. The standard InChI is InChI=1S/C31H38ClN3O4S/c1-6-28(31(37)33-22(2)3)34(19-18-25-10-8-7-9-11-25)30(36)21-35(29-20-26(32)15-14-24(29)5)40(38,39)27-16-12-23(4)13-17-27/h7-17,20,22,28H,6,18-19,21H2,1-5H3,(H,33,37)/t28-/m0/s1. The first-order valence-corrected chi connectivity index (χ1v) is 15.2. The van der Waals surface area contributed by atoms with Crippen LogP contribution in [-0.2, 0) is 26.0 Å². The molecule has 0 aliphatic heterocycles. The van der Waals surface area contributed by atoms with Crippen molar-refractivity contribution in [2.45, 2.75) is 64.4 Å². The summed E-state index contributed by atoms with van der Waals surface area (Å²) in [5, 5.41) is 3.26. The van der Waals surface area contributed by atoms with Crippen LogP contribution in [0, 0.1) is 13.8 Å². The molecule has 0 unspecified atom stereocenters. The van der Waals surface area contributed by atoms with Gasteiger partial charge in [-0.1, -0.05) is 72.6 Å². The van der Waals surface area contributed by atoms with Crippen LogP contribution in [0.4, 0.5) is 5.69 Å². The van der Waals surface area contributed by atoms with E-state index in [1.165, 1.54) is 17.0 Å². The number of carbonyl (C=O) groups excluding carboxylic acids is 2. The highest BCUT2D eigenvalue weighted by molar-refractivity contribution is 7.92. The van der Waals surface area contributed by atoms with Crippen molar-refractivity contribution >= 4 is 39.1 Å². The van der Waals surface area contributed by atoms with Crippen molar-refractivity contribution in [1.29, 1.82) is 0 Å². The zero-order valence-corrected chi connectivity index (χ0v) is 25.3. The zero-order valence-electron chi connectivity index (χ0n) is 23.7. The van der Waals surface area contributed by atoms with E-state index in [0.717, 1.165) is 15.4 Å². The van der Waals surface area contributed by atoms with Gasteiger partial charge in [0.05, 0.1) is 10.6 Å². The first kappa shape index (κ1) is 31.2. The zero-order chi connectivity index (χ0) is 29.4. The number of sulfonamides is 1. The molecule has 0 spiro atoms. The summed E-state index contributed by atoms with van der Waals surface area (Å²) in [5.74, 6) is -0.748. The quantitative estimate of drug-likeness (QED) is 0.304. The summed E-state index contributed by atoms with van der Waals surface area (Å²) < 4.78 is 29.1. The number of anilines is 1. The molecule has 1 N–H and O–H groups in total. The van der Waals surface area contributed by atoms with Crippen molar-refractivity contribution in [3.05, 3.63) is 94.5 Å². The van der Waals surface area contributed by atoms with Gasteiger partial charge in [0, 0.05) is 17.6 Å².